The number of hydrogen-bond acceptors (Lipinski definition) is 6. The Labute approximate surface area is 137 Å². The topological polar surface area (TPSA) is 117 Å². The van der Waals surface area contributed by atoms with Crippen LogP contribution >= 0.6 is 0 Å². The molecule has 2 aromatic rings. The first-order valence-corrected chi connectivity index (χ1v) is 7.24. The van der Waals surface area contributed by atoms with Gasteiger partial charge in [-0.25, -0.2) is 0 Å². The summed E-state index contributed by atoms with van der Waals surface area (Å²) in [6.45, 7) is 0.506. The molecular formula is C15H14N6O3. The van der Waals surface area contributed by atoms with Crippen LogP contribution in [0.4, 0.5) is 17.1 Å². The lowest BCUT2D eigenvalue weighted by atomic mass is 10.1. The van der Waals surface area contributed by atoms with Gasteiger partial charge in [-0.15, -0.1) is 0 Å². The van der Waals surface area contributed by atoms with Gasteiger partial charge in [0.1, 0.15) is 11.7 Å². The molecule has 3 rings (SSSR count). The van der Waals surface area contributed by atoms with Crippen molar-refractivity contribution in [1.82, 2.24) is 9.78 Å². The molecule has 0 bridgehead atoms. The Hall–Kier alpha value is -3.41. The average Bonchev–Trinajstić information content (AvgIpc) is 3.14. The normalized spacial score (nSPS) is 16.9. The molecule has 1 aromatic carbocycles. The molecule has 1 saturated heterocycles. The fourth-order valence-electron chi connectivity index (χ4n) is 2.68. The molecule has 9 heteroatoms. The lowest BCUT2D eigenvalue weighted by Crippen LogP contribution is -2.33. The van der Waals surface area contributed by atoms with Crippen molar-refractivity contribution in [3.63, 3.8) is 0 Å². The van der Waals surface area contributed by atoms with Crippen LogP contribution in [0, 0.1) is 21.4 Å². The van der Waals surface area contributed by atoms with E-state index in [1.807, 2.05) is 6.07 Å². The van der Waals surface area contributed by atoms with Crippen LogP contribution in [0.3, 0.4) is 0 Å². The predicted molar refractivity (Wildman–Crippen MR) is 85.4 cm³/mol. The highest BCUT2D eigenvalue weighted by atomic mass is 16.6. The fourth-order valence-corrected chi connectivity index (χ4v) is 2.68. The number of aromatic nitrogens is 2. The van der Waals surface area contributed by atoms with E-state index >= 15 is 0 Å². The molecule has 122 valence electrons. The van der Waals surface area contributed by atoms with E-state index < -0.39 is 11.0 Å². The van der Waals surface area contributed by atoms with E-state index in [0.29, 0.717) is 18.7 Å². The molecule has 1 N–H and O–H groups in total. The van der Waals surface area contributed by atoms with E-state index in [4.69, 9.17) is 5.26 Å². The average molecular weight is 326 g/mol. The van der Waals surface area contributed by atoms with E-state index in [-0.39, 0.29) is 22.8 Å². The van der Waals surface area contributed by atoms with Crippen molar-refractivity contribution in [1.29, 1.82) is 5.26 Å². The van der Waals surface area contributed by atoms with Crippen LogP contribution in [-0.4, -0.2) is 33.2 Å². The largest absolute Gasteiger partial charge is 0.368 e. The molecule has 0 spiro atoms. The second-order valence-corrected chi connectivity index (χ2v) is 5.45. The molecule has 1 aliphatic heterocycles. The standard InChI is InChI=1S/C15H14N6O3/c1-19-9-11(8-17-19)20-5-4-13(15(20)22)18-12-3-2-10(7-16)6-14(12)21(23)24/h2-3,6,8-9,13,18H,4-5H2,1H3. The number of nitriles is 1. The molecule has 2 heterocycles. The Kier molecular flexibility index (Phi) is 3.87. The first kappa shape index (κ1) is 15.5. The minimum absolute atomic E-state index is 0.165. The van der Waals surface area contributed by atoms with Gasteiger partial charge < -0.3 is 10.2 Å². The van der Waals surface area contributed by atoms with Crippen molar-refractivity contribution in [2.24, 2.45) is 7.05 Å². The van der Waals surface area contributed by atoms with Crippen molar-refractivity contribution in [3.05, 3.63) is 46.3 Å². The van der Waals surface area contributed by atoms with Crippen molar-refractivity contribution in [2.45, 2.75) is 12.5 Å². The number of nitrogens with one attached hydrogen (secondary N) is 1. The van der Waals surface area contributed by atoms with Crippen molar-refractivity contribution in [2.75, 3.05) is 16.8 Å². The molecule has 1 unspecified atom stereocenters. The van der Waals surface area contributed by atoms with Gasteiger partial charge in [-0.2, -0.15) is 10.4 Å². The second kappa shape index (κ2) is 6.00. The van der Waals surface area contributed by atoms with Gasteiger partial charge >= 0.3 is 0 Å². The van der Waals surface area contributed by atoms with Crippen LogP contribution in [0.2, 0.25) is 0 Å². The van der Waals surface area contributed by atoms with E-state index in [2.05, 4.69) is 10.4 Å². The Morgan fingerprint density at radius 3 is 2.92 bits per heavy atom. The number of nitrogens with zero attached hydrogens (tertiary/aromatic N) is 5. The van der Waals surface area contributed by atoms with Gasteiger partial charge in [-0.3, -0.25) is 19.6 Å². The highest BCUT2D eigenvalue weighted by Gasteiger charge is 2.34. The zero-order chi connectivity index (χ0) is 17.3. The van der Waals surface area contributed by atoms with E-state index in [1.54, 1.807) is 29.0 Å². The molecule has 1 amide bonds. The zero-order valence-corrected chi connectivity index (χ0v) is 12.8. The maximum absolute atomic E-state index is 12.5. The van der Waals surface area contributed by atoms with Crippen LogP contribution in [-0.2, 0) is 11.8 Å². The Morgan fingerprint density at radius 2 is 2.29 bits per heavy atom. The summed E-state index contributed by atoms with van der Waals surface area (Å²) in [7, 11) is 1.76. The van der Waals surface area contributed by atoms with Gasteiger partial charge in [0.15, 0.2) is 0 Å². The second-order valence-electron chi connectivity index (χ2n) is 5.45. The van der Waals surface area contributed by atoms with Gasteiger partial charge in [0.2, 0.25) is 5.91 Å². The monoisotopic (exact) mass is 326 g/mol. The Morgan fingerprint density at radius 1 is 1.50 bits per heavy atom. The summed E-state index contributed by atoms with van der Waals surface area (Å²) in [5.74, 6) is -0.165. The van der Waals surface area contributed by atoms with Crippen LogP contribution in [0.5, 0.6) is 0 Å². The highest BCUT2D eigenvalue weighted by Crippen LogP contribution is 2.29. The molecule has 1 fully saturated rings. The van der Waals surface area contributed by atoms with E-state index in [0.717, 1.165) is 0 Å². The number of nitro groups is 1. The maximum Gasteiger partial charge on any atom is 0.293 e. The molecule has 1 atom stereocenters. The number of aryl methyl sites for hydroxylation is 1. The Balaban J connectivity index is 1.81. The van der Waals surface area contributed by atoms with Gasteiger partial charge in [-0.1, -0.05) is 0 Å². The number of benzene rings is 1. The summed E-state index contributed by atoms with van der Waals surface area (Å²) in [6.07, 6.45) is 3.86. The third-order valence-corrected chi connectivity index (χ3v) is 3.86. The van der Waals surface area contributed by atoms with Crippen molar-refractivity contribution in [3.8, 4) is 6.07 Å². The zero-order valence-electron chi connectivity index (χ0n) is 12.8. The number of rotatable bonds is 4. The van der Waals surface area contributed by atoms with Gasteiger partial charge in [0.05, 0.1) is 28.4 Å². The summed E-state index contributed by atoms with van der Waals surface area (Å²) >= 11 is 0. The lowest BCUT2D eigenvalue weighted by molar-refractivity contribution is -0.384. The number of amides is 1. The van der Waals surface area contributed by atoms with Gasteiger partial charge in [-0.05, 0) is 18.6 Å². The molecule has 1 aromatic heterocycles. The molecular weight excluding hydrogens is 312 g/mol. The third-order valence-electron chi connectivity index (χ3n) is 3.86. The summed E-state index contributed by atoms with van der Waals surface area (Å²) in [5.41, 5.74) is 0.898. The van der Waals surface area contributed by atoms with Gasteiger partial charge in [0, 0.05) is 25.9 Å². The molecule has 1 aliphatic rings. The SMILES string of the molecule is Cn1cc(N2CCC(Nc3ccc(C#N)cc3[N+](=O)[O-])C2=O)cn1. The molecule has 0 saturated carbocycles. The van der Waals surface area contributed by atoms with E-state index in [1.165, 1.54) is 18.2 Å². The smallest absolute Gasteiger partial charge is 0.293 e. The summed E-state index contributed by atoms with van der Waals surface area (Å²) in [5, 5.41) is 27.0. The summed E-state index contributed by atoms with van der Waals surface area (Å²) < 4.78 is 1.61. The fraction of sp³-hybridized carbons (Fsp3) is 0.267. The van der Waals surface area contributed by atoms with Crippen LogP contribution in [0.25, 0.3) is 0 Å². The number of hydrogen-bond donors (Lipinski definition) is 1. The maximum atomic E-state index is 12.5. The summed E-state index contributed by atoms with van der Waals surface area (Å²) in [6, 6.07) is 5.44. The number of nitro benzene ring substituents is 1. The third kappa shape index (κ3) is 2.77. The van der Waals surface area contributed by atoms with Gasteiger partial charge in [0.25, 0.3) is 5.69 Å². The number of anilines is 2. The van der Waals surface area contributed by atoms with Crippen LogP contribution < -0.4 is 10.2 Å². The van der Waals surface area contributed by atoms with Crippen LogP contribution in [0.1, 0.15) is 12.0 Å². The lowest BCUT2D eigenvalue weighted by Gasteiger charge is -2.16. The molecule has 9 nitrogen and oxygen atoms in total. The quantitative estimate of drug-likeness (QED) is 0.670. The Bertz CT molecular complexity index is 853. The number of carbonyl (C=O) groups excluding carboxylic acids is 1. The minimum Gasteiger partial charge on any atom is -0.368 e. The first-order valence-electron chi connectivity index (χ1n) is 7.24. The molecule has 0 aliphatic carbocycles. The number of carbonyl (C=O) groups is 1. The van der Waals surface area contributed by atoms with Crippen molar-refractivity contribution >= 4 is 23.0 Å². The van der Waals surface area contributed by atoms with E-state index in [9.17, 15) is 14.9 Å². The molecule has 24 heavy (non-hydrogen) atoms. The highest BCUT2D eigenvalue weighted by molar-refractivity contribution is 6.01. The minimum atomic E-state index is -0.568. The predicted octanol–water partition coefficient (Wildman–Crippen LogP) is 1.42. The summed E-state index contributed by atoms with van der Waals surface area (Å²) in [4.78, 5) is 24.7. The van der Waals surface area contributed by atoms with Crippen molar-refractivity contribution < 1.29 is 9.72 Å². The van der Waals surface area contributed by atoms with Crippen LogP contribution in [0.15, 0.2) is 30.6 Å². The molecule has 0 radical (unpaired) electrons. The first-order chi connectivity index (χ1) is 11.5.